The predicted octanol–water partition coefficient (Wildman–Crippen LogP) is 3.97. The number of carbonyl (C=O) groups is 1. The molecular weight excluding hydrogens is 388 g/mol. The summed E-state index contributed by atoms with van der Waals surface area (Å²) in [7, 11) is 3.21. The van der Waals surface area contributed by atoms with Gasteiger partial charge in [0.25, 0.3) is 0 Å². The Morgan fingerprint density at radius 2 is 1.97 bits per heavy atom. The van der Waals surface area contributed by atoms with Crippen molar-refractivity contribution in [3.05, 3.63) is 59.8 Å². The molecule has 0 radical (unpaired) electrons. The van der Waals surface area contributed by atoms with Crippen LogP contribution in [0.1, 0.15) is 23.5 Å². The molecule has 0 aliphatic carbocycles. The van der Waals surface area contributed by atoms with Crippen molar-refractivity contribution < 1.29 is 14.3 Å². The topological polar surface area (TPSA) is 78.3 Å². The molecule has 146 valence electrons. The zero-order chi connectivity index (χ0) is 20.0. The number of methoxy groups -OCH3 is 2. The van der Waals surface area contributed by atoms with Gasteiger partial charge in [0.05, 0.1) is 30.6 Å². The van der Waals surface area contributed by atoms with Crippen LogP contribution in [0.5, 0.6) is 11.5 Å². The Balaban J connectivity index is 1.65. The van der Waals surface area contributed by atoms with Crippen LogP contribution in [0.25, 0.3) is 15.3 Å². The van der Waals surface area contributed by atoms with E-state index in [1.807, 2.05) is 42.5 Å². The number of nitrogens with one attached hydrogen (secondary N) is 1. The van der Waals surface area contributed by atoms with Crippen LogP contribution in [-0.4, -0.2) is 34.9 Å². The second-order valence-electron chi connectivity index (χ2n) is 6.71. The average Bonchev–Trinajstić information content (AvgIpc) is 3.36. The van der Waals surface area contributed by atoms with Crippen LogP contribution in [0.15, 0.2) is 48.7 Å². The summed E-state index contributed by atoms with van der Waals surface area (Å²) in [6.07, 6.45) is 2.10. The average molecular weight is 406 g/mol. The molecule has 0 fully saturated rings. The molecule has 1 aliphatic heterocycles. The van der Waals surface area contributed by atoms with Crippen LogP contribution in [-0.2, 0) is 4.79 Å². The molecule has 1 amide bonds. The summed E-state index contributed by atoms with van der Waals surface area (Å²) in [6, 6.07) is 13.6. The first-order valence-electron chi connectivity index (χ1n) is 9.14. The second kappa shape index (κ2) is 6.89. The van der Waals surface area contributed by atoms with Crippen molar-refractivity contribution in [1.29, 1.82) is 0 Å². The molecule has 1 N–H and O–H groups in total. The Morgan fingerprint density at radius 3 is 2.76 bits per heavy atom. The van der Waals surface area contributed by atoms with Crippen molar-refractivity contribution in [2.75, 3.05) is 19.5 Å². The molecule has 8 heteroatoms. The molecule has 2 aromatic heterocycles. The number of fused-ring (bicyclic) bond motifs is 2. The summed E-state index contributed by atoms with van der Waals surface area (Å²) in [4.78, 5) is 17.2. The van der Waals surface area contributed by atoms with E-state index in [4.69, 9.17) is 9.47 Å². The van der Waals surface area contributed by atoms with Crippen LogP contribution < -0.4 is 14.8 Å². The van der Waals surface area contributed by atoms with Crippen LogP contribution in [0.4, 0.5) is 5.82 Å². The number of carbonyl (C=O) groups excluding carboxylic acids is 1. The highest BCUT2D eigenvalue weighted by Crippen LogP contribution is 2.44. The van der Waals surface area contributed by atoms with Gasteiger partial charge in [-0.05, 0) is 18.2 Å². The maximum absolute atomic E-state index is 12.6. The molecule has 1 aliphatic rings. The van der Waals surface area contributed by atoms with Gasteiger partial charge < -0.3 is 14.8 Å². The highest BCUT2D eigenvalue weighted by Gasteiger charge is 2.33. The molecule has 0 saturated carbocycles. The number of nitrogens with zero attached hydrogens (tertiary/aromatic N) is 3. The number of anilines is 1. The SMILES string of the molecule is COc1cccc([C@@H]2CC(=O)Nc3c2cnn3-c2nc3ccccc3s2)c1OC. The molecule has 5 rings (SSSR count). The van der Waals surface area contributed by atoms with Crippen molar-refractivity contribution >= 4 is 33.3 Å². The first-order chi connectivity index (χ1) is 14.2. The molecule has 0 spiro atoms. The molecule has 0 saturated heterocycles. The van der Waals surface area contributed by atoms with Gasteiger partial charge >= 0.3 is 0 Å². The number of thiazole rings is 1. The van der Waals surface area contributed by atoms with Gasteiger partial charge in [0.2, 0.25) is 11.0 Å². The highest BCUT2D eigenvalue weighted by atomic mass is 32.1. The summed E-state index contributed by atoms with van der Waals surface area (Å²) < 4.78 is 13.8. The van der Waals surface area contributed by atoms with Crippen LogP contribution >= 0.6 is 11.3 Å². The molecular formula is C21H18N4O3S. The smallest absolute Gasteiger partial charge is 0.226 e. The molecule has 0 unspecified atom stereocenters. The molecule has 29 heavy (non-hydrogen) atoms. The maximum atomic E-state index is 12.6. The minimum atomic E-state index is -0.188. The number of benzene rings is 2. The van der Waals surface area contributed by atoms with Gasteiger partial charge in [0, 0.05) is 23.5 Å². The third kappa shape index (κ3) is 2.84. The third-order valence-corrected chi connectivity index (χ3v) is 6.10. The van der Waals surface area contributed by atoms with E-state index in [0.717, 1.165) is 21.3 Å². The summed E-state index contributed by atoms with van der Waals surface area (Å²) in [5.41, 5.74) is 2.73. The monoisotopic (exact) mass is 406 g/mol. The molecule has 7 nitrogen and oxygen atoms in total. The van der Waals surface area contributed by atoms with Gasteiger partial charge in [-0.15, -0.1) is 0 Å². The van der Waals surface area contributed by atoms with Crippen molar-refractivity contribution in [3.8, 4) is 16.6 Å². The number of hydrogen-bond acceptors (Lipinski definition) is 6. The fourth-order valence-corrected chi connectivity index (χ4v) is 4.71. The van der Waals surface area contributed by atoms with E-state index in [9.17, 15) is 4.79 Å². The first kappa shape index (κ1) is 17.7. The summed E-state index contributed by atoms with van der Waals surface area (Å²) in [6.45, 7) is 0. The molecule has 0 bridgehead atoms. The lowest BCUT2D eigenvalue weighted by Crippen LogP contribution is -2.24. The Morgan fingerprint density at radius 1 is 1.10 bits per heavy atom. The van der Waals surface area contributed by atoms with E-state index in [0.29, 0.717) is 28.9 Å². The van der Waals surface area contributed by atoms with Crippen LogP contribution in [0.3, 0.4) is 0 Å². The van der Waals surface area contributed by atoms with Crippen molar-refractivity contribution in [3.63, 3.8) is 0 Å². The maximum Gasteiger partial charge on any atom is 0.226 e. The standard InChI is InChI=1S/C21H18N4O3S/c1-27-16-8-5-6-12(19(16)28-2)13-10-18(26)24-20-14(13)11-22-25(20)21-23-15-7-3-4-9-17(15)29-21/h3-9,11,13H,10H2,1-2H3,(H,24,26)/t13-/m0/s1. The second-order valence-corrected chi connectivity index (χ2v) is 7.72. The van der Waals surface area contributed by atoms with E-state index < -0.39 is 0 Å². The van der Waals surface area contributed by atoms with E-state index in [-0.39, 0.29) is 11.8 Å². The molecule has 3 heterocycles. The minimum absolute atomic E-state index is 0.0739. The Kier molecular flexibility index (Phi) is 4.21. The lowest BCUT2D eigenvalue weighted by atomic mass is 9.86. The Bertz CT molecular complexity index is 1200. The van der Waals surface area contributed by atoms with Gasteiger partial charge in [-0.3, -0.25) is 4.79 Å². The Hall–Kier alpha value is -3.39. The fourth-order valence-electron chi connectivity index (χ4n) is 3.78. The normalized spacial score (nSPS) is 15.8. The number of rotatable bonds is 4. The predicted molar refractivity (Wildman–Crippen MR) is 111 cm³/mol. The van der Waals surface area contributed by atoms with Gasteiger partial charge in [-0.1, -0.05) is 35.6 Å². The van der Waals surface area contributed by atoms with Crippen LogP contribution in [0, 0.1) is 0 Å². The quantitative estimate of drug-likeness (QED) is 0.555. The van der Waals surface area contributed by atoms with Gasteiger partial charge in [-0.25, -0.2) is 4.98 Å². The van der Waals surface area contributed by atoms with E-state index in [2.05, 4.69) is 15.4 Å². The number of aromatic nitrogens is 3. The third-order valence-electron chi connectivity index (χ3n) is 5.09. The summed E-state index contributed by atoms with van der Waals surface area (Å²) in [5, 5.41) is 8.24. The van der Waals surface area contributed by atoms with Gasteiger partial charge in [0.1, 0.15) is 5.82 Å². The van der Waals surface area contributed by atoms with Crippen molar-refractivity contribution in [2.45, 2.75) is 12.3 Å². The lowest BCUT2D eigenvalue weighted by Gasteiger charge is -2.25. The van der Waals surface area contributed by atoms with E-state index >= 15 is 0 Å². The van der Waals surface area contributed by atoms with Gasteiger partial charge in [-0.2, -0.15) is 9.78 Å². The zero-order valence-corrected chi connectivity index (χ0v) is 16.7. The number of amides is 1. The first-order valence-corrected chi connectivity index (χ1v) is 9.96. The number of hydrogen-bond donors (Lipinski definition) is 1. The number of para-hydroxylation sites is 2. The Labute approximate surface area is 170 Å². The highest BCUT2D eigenvalue weighted by molar-refractivity contribution is 7.20. The number of ether oxygens (including phenoxy) is 2. The van der Waals surface area contributed by atoms with Crippen LogP contribution in [0.2, 0.25) is 0 Å². The van der Waals surface area contributed by atoms with Crippen molar-refractivity contribution in [1.82, 2.24) is 14.8 Å². The van der Waals surface area contributed by atoms with Crippen molar-refractivity contribution in [2.24, 2.45) is 0 Å². The largest absolute Gasteiger partial charge is 0.493 e. The minimum Gasteiger partial charge on any atom is -0.493 e. The van der Waals surface area contributed by atoms with E-state index in [1.165, 1.54) is 11.3 Å². The lowest BCUT2D eigenvalue weighted by molar-refractivity contribution is -0.116. The summed E-state index contributed by atoms with van der Waals surface area (Å²) in [5.74, 6) is 1.65. The van der Waals surface area contributed by atoms with Gasteiger partial charge in [0.15, 0.2) is 11.5 Å². The molecule has 1 atom stereocenters. The van der Waals surface area contributed by atoms with E-state index in [1.54, 1.807) is 25.1 Å². The molecule has 4 aromatic rings. The molecule has 2 aromatic carbocycles. The summed E-state index contributed by atoms with van der Waals surface area (Å²) >= 11 is 1.53. The zero-order valence-electron chi connectivity index (χ0n) is 15.9. The fraction of sp³-hybridized carbons (Fsp3) is 0.190.